The molecule has 0 aliphatic heterocycles. The van der Waals surface area contributed by atoms with Crippen LogP contribution in [0.5, 0.6) is 0 Å². The summed E-state index contributed by atoms with van der Waals surface area (Å²) in [5, 5.41) is 10.6. The topological polar surface area (TPSA) is 63.3 Å². The van der Waals surface area contributed by atoms with Crippen molar-refractivity contribution in [2.75, 3.05) is 0 Å². The van der Waals surface area contributed by atoms with Crippen LogP contribution in [-0.4, -0.2) is 15.9 Å². The van der Waals surface area contributed by atoms with Crippen LogP contribution in [0.3, 0.4) is 0 Å². The maximum absolute atomic E-state index is 11.5. The van der Waals surface area contributed by atoms with Crippen LogP contribution in [0.15, 0.2) is 53.0 Å². The number of aliphatic hydroxyl groups excluding tert-OH is 1. The Kier molecular flexibility index (Phi) is 9.65. The minimum Gasteiger partial charge on any atom is -0.512 e. The summed E-state index contributed by atoms with van der Waals surface area (Å²) in [6, 6.07) is 11.8. The van der Waals surface area contributed by atoms with E-state index < -0.39 is 5.41 Å². The van der Waals surface area contributed by atoms with Gasteiger partial charge < -0.3 is 14.5 Å². The molecule has 0 fully saturated rings. The molecular formula is C29H38IrNO3-. The van der Waals surface area contributed by atoms with Gasteiger partial charge in [-0.2, -0.15) is 0 Å². The number of aliphatic hydroxyl groups is 1. The van der Waals surface area contributed by atoms with Crippen molar-refractivity contribution >= 4 is 16.8 Å². The van der Waals surface area contributed by atoms with Crippen molar-refractivity contribution < 1.29 is 34.4 Å². The molecule has 1 N–H and O–H groups in total. The fraction of sp³-hybridized carbons (Fsp3) is 0.448. The van der Waals surface area contributed by atoms with Gasteiger partial charge in [-0.15, -0.1) is 34.9 Å². The number of hydrogen-bond donors (Lipinski definition) is 1. The van der Waals surface area contributed by atoms with Gasteiger partial charge in [-0.25, -0.2) is 0 Å². The van der Waals surface area contributed by atoms with Crippen LogP contribution >= 0.6 is 0 Å². The molecule has 0 amide bonds. The largest absolute Gasteiger partial charge is 0.512 e. The summed E-state index contributed by atoms with van der Waals surface area (Å²) in [5.41, 5.74) is 4.59. The van der Waals surface area contributed by atoms with Gasteiger partial charge in [0.1, 0.15) is 11.3 Å². The predicted octanol–water partition coefficient (Wildman–Crippen LogP) is 7.99. The molecular weight excluding hydrogens is 603 g/mol. The molecule has 0 saturated heterocycles. The number of fused-ring (bicyclic) bond motifs is 1. The first-order valence-electron chi connectivity index (χ1n) is 11.3. The second kappa shape index (κ2) is 11.0. The predicted molar refractivity (Wildman–Crippen MR) is 136 cm³/mol. The second-order valence-corrected chi connectivity index (χ2v) is 11.6. The molecule has 34 heavy (non-hydrogen) atoms. The summed E-state index contributed by atoms with van der Waals surface area (Å²) in [5.74, 6) is 0.104. The third-order valence-electron chi connectivity index (χ3n) is 5.26. The molecule has 187 valence electrons. The van der Waals surface area contributed by atoms with Gasteiger partial charge in [0, 0.05) is 42.4 Å². The summed E-state index contributed by atoms with van der Waals surface area (Å²) < 4.78 is 5.34. The molecule has 5 heteroatoms. The molecule has 0 saturated carbocycles. The molecule has 1 radical (unpaired) electrons. The minimum atomic E-state index is -0.417. The van der Waals surface area contributed by atoms with Crippen LogP contribution in [0.4, 0.5) is 0 Å². The zero-order valence-corrected chi connectivity index (χ0v) is 24.5. The van der Waals surface area contributed by atoms with E-state index in [1.807, 2.05) is 47.6 Å². The first-order chi connectivity index (χ1) is 15.0. The van der Waals surface area contributed by atoms with Gasteiger partial charge in [0.15, 0.2) is 5.78 Å². The van der Waals surface area contributed by atoms with Crippen LogP contribution in [0.2, 0.25) is 0 Å². The maximum atomic E-state index is 11.5. The van der Waals surface area contributed by atoms with Gasteiger partial charge in [0.05, 0.1) is 12.5 Å². The standard InChI is InChI=1S/C18H18NO.C11H20O2.Ir/c1-12-7-14(9-15(8-12)18(2,3)4)16-10-13-5-6-20-17(13)11-19-16;1-10(2,3)8(12)7-9(13)11(4,5)6;/h5-6,8-11H,1-4H3;7,12H,1-6H3;/q-1;;/b;8-7-;. The molecule has 0 aliphatic rings. The van der Waals surface area contributed by atoms with Crippen molar-refractivity contribution in [2.24, 2.45) is 10.8 Å². The Balaban J connectivity index is 0.000000364. The number of carbonyl (C=O) groups is 1. The number of aryl methyl sites for hydroxylation is 1. The third kappa shape index (κ3) is 8.21. The van der Waals surface area contributed by atoms with Gasteiger partial charge in [0.2, 0.25) is 0 Å². The minimum absolute atomic E-state index is 0. The Morgan fingerprint density at radius 1 is 1.00 bits per heavy atom. The Morgan fingerprint density at radius 3 is 2.15 bits per heavy atom. The number of pyridine rings is 1. The van der Waals surface area contributed by atoms with Gasteiger partial charge in [-0.05, 0) is 17.2 Å². The first kappa shape index (κ1) is 29.8. The zero-order valence-electron chi connectivity index (χ0n) is 22.1. The number of allylic oxidation sites excluding steroid dienone is 2. The van der Waals surface area contributed by atoms with Gasteiger partial charge in [-0.1, -0.05) is 75.3 Å². The van der Waals surface area contributed by atoms with Crippen molar-refractivity contribution in [1.29, 1.82) is 0 Å². The van der Waals surface area contributed by atoms with Crippen LogP contribution in [0.1, 0.15) is 73.4 Å². The normalized spacial score (nSPS) is 12.6. The van der Waals surface area contributed by atoms with E-state index in [0.717, 1.165) is 27.8 Å². The number of carbonyl (C=O) groups excluding carboxylic acids is 1. The molecule has 0 atom stereocenters. The molecule has 0 unspecified atom stereocenters. The number of aromatic nitrogens is 1. The summed E-state index contributed by atoms with van der Waals surface area (Å²) >= 11 is 0. The number of rotatable bonds is 2. The van der Waals surface area contributed by atoms with Crippen LogP contribution in [0, 0.1) is 23.8 Å². The van der Waals surface area contributed by atoms with Crippen LogP contribution < -0.4 is 0 Å². The molecule has 3 rings (SSSR count). The van der Waals surface area contributed by atoms with E-state index in [9.17, 15) is 9.90 Å². The van der Waals surface area contributed by atoms with Crippen molar-refractivity contribution in [2.45, 2.75) is 74.7 Å². The average molecular weight is 641 g/mol. The Morgan fingerprint density at radius 2 is 1.62 bits per heavy atom. The van der Waals surface area contributed by atoms with E-state index in [1.54, 1.807) is 12.5 Å². The SMILES string of the molecule is CC(C)(C)C(=O)/C=C(\O)C(C)(C)C.Cc1[c-]c(-c2cc3ccoc3cn2)cc(C(C)(C)C)c1.[Ir]. The second-order valence-electron chi connectivity index (χ2n) is 11.6. The number of ketones is 1. The molecule has 2 heterocycles. The van der Waals surface area contributed by atoms with Crippen LogP contribution in [0.25, 0.3) is 22.2 Å². The van der Waals surface area contributed by atoms with Gasteiger partial charge >= 0.3 is 0 Å². The van der Waals surface area contributed by atoms with Gasteiger partial charge in [-0.3, -0.25) is 4.79 Å². The van der Waals surface area contributed by atoms with Crippen LogP contribution in [-0.2, 0) is 30.3 Å². The quantitative estimate of drug-likeness (QED) is 0.175. The molecule has 2 aromatic heterocycles. The van der Waals surface area contributed by atoms with E-state index in [2.05, 4.69) is 56.9 Å². The maximum Gasteiger partial charge on any atom is 0.164 e. The molecule has 4 nitrogen and oxygen atoms in total. The van der Waals surface area contributed by atoms with Crippen molar-refractivity contribution in [3.8, 4) is 11.3 Å². The smallest absolute Gasteiger partial charge is 0.164 e. The van der Waals surface area contributed by atoms with Crippen molar-refractivity contribution in [3.05, 3.63) is 65.8 Å². The van der Waals surface area contributed by atoms with E-state index in [4.69, 9.17) is 4.42 Å². The molecule has 1 aromatic carbocycles. The number of hydrogen-bond acceptors (Lipinski definition) is 4. The Hall–Kier alpha value is -2.23. The van der Waals surface area contributed by atoms with E-state index in [1.165, 1.54) is 11.6 Å². The summed E-state index contributed by atoms with van der Waals surface area (Å²) in [7, 11) is 0. The van der Waals surface area contributed by atoms with E-state index in [-0.39, 0.29) is 42.5 Å². The van der Waals surface area contributed by atoms with E-state index >= 15 is 0 Å². The molecule has 0 aliphatic carbocycles. The molecule has 0 spiro atoms. The third-order valence-corrected chi connectivity index (χ3v) is 5.26. The van der Waals surface area contributed by atoms with Crippen molar-refractivity contribution in [3.63, 3.8) is 0 Å². The fourth-order valence-electron chi connectivity index (χ4n) is 2.86. The molecule has 0 bridgehead atoms. The van der Waals surface area contributed by atoms with E-state index in [0.29, 0.717) is 0 Å². The van der Waals surface area contributed by atoms with Crippen molar-refractivity contribution in [1.82, 2.24) is 4.98 Å². The summed E-state index contributed by atoms with van der Waals surface area (Å²) in [6.07, 6.45) is 4.80. The number of benzene rings is 1. The Labute approximate surface area is 218 Å². The summed E-state index contributed by atoms with van der Waals surface area (Å²) in [6.45, 7) is 19.9. The fourth-order valence-corrected chi connectivity index (χ4v) is 2.86. The molecule has 3 aromatic rings. The Bertz CT molecular complexity index is 1150. The zero-order chi connectivity index (χ0) is 25.2. The summed E-state index contributed by atoms with van der Waals surface area (Å²) in [4.78, 5) is 16.0. The average Bonchev–Trinajstić information content (AvgIpc) is 3.13. The number of furan rings is 1. The van der Waals surface area contributed by atoms with Gasteiger partial charge in [0.25, 0.3) is 0 Å². The number of nitrogens with zero attached hydrogens (tertiary/aromatic N) is 1. The first-order valence-corrected chi connectivity index (χ1v) is 11.3. The monoisotopic (exact) mass is 641 g/mol.